The summed E-state index contributed by atoms with van der Waals surface area (Å²) >= 11 is 0. The maximum atomic E-state index is 13.1. The van der Waals surface area contributed by atoms with Crippen LogP contribution < -0.4 is 10.6 Å². The van der Waals surface area contributed by atoms with E-state index in [0.29, 0.717) is 55.1 Å². The van der Waals surface area contributed by atoms with Crippen molar-refractivity contribution in [2.75, 3.05) is 44.7 Å². The van der Waals surface area contributed by atoms with Crippen molar-refractivity contribution in [1.29, 1.82) is 0 Å². The maximum Gasteiger partial charge on any atom is 0.256 e. The van der Waals surface area contributed by atoms with Gasteiger partial charge in [-0.1, -0.05) is 6.08 Å². The molecular weight excluding hydrogens is 541 g/mol. The Kier molecular flexibility index (Phi) is 10.5. The molecule has 226 valence electrons. The van der Waals surface area contributed by atoms with Crippen LogP contribution >= 0.6 is 0 Å². The Morgan fingerprint density at radius 3 is 2.43 bits per heavy atom. The third-order valence-electron chi connectivity index (χ3n) is 7.84. The molecule has 0 bridgehead atoms. The van der Waals surface area contributed by atoms with Gasteiger partial charge in [-0.2, -0.15) is 0 Å². The van der Waals surface area contributed by atoms with Crippen LogP contribution in [0, 0.1) is 19.7 Å². The lowest BCUT2D eigenvalue weighted by molar-refractivity contribution is -0.138. The monoisotopic (exact) mass is 581 g/mol. The maximum absolute atomic E-state index is 13.1. The van der Waals surface area contributed by atoms with Gasteiger partial charge in [0.2, 0.25) is 11.8 Å². The van der Waals surface area contributed by atoms with Gasteiger partial charge in [0, 0.05) is 61.3 Å². The van der Waals surface area contributed by atoms with Crippen molar-refractivity contribution in [3.05, 3.63) is 58.7 Å². The van der Waals surface area contributed by atoms with E-state index in [2.05, 4.69) is 15.6 Å². The van der Waals surface area contributed by atoms with Crippen LogP contribution in [0.1, 0.15) is 66.2 Å². The molecule has 2 aromatic rings. The smallest absolute Gasteiger partial charge is 0.256 e. The van der Waals surface area contributed by atoms with E-state index >= 15 is 0 Å². The van der Waals surface area contributed by atoms with E-state index in [1.807, 2.05) is 18.7 Å². The zero-order chi connectivity index (χ0) is 30.2. The van der Waals surface area contributed by atoms with Gasteiger partial charge in [0.25, 0.3) is 11.8 Å². The summed E-state index contributed by atoms with van der Waals surface area (Å²) in [7, 11) is 0. The number of H-pyrrole nitrogens is 1. The van der Waals surface area contributed by atoms with E-state index in [1.54, 1.807) is 30.2 Å². The number of carbonyl (C=O) groups is 4. The minimum atomic E-state index is -0.719. The number of fused-ring (bicyclic) bond motifs is 1. The second-order valence-corrected chi connectivity index (χ2v) is 10.8. The van der Waals surface area contributed by atoms with Gasteiger partial charge in [-0.25, -0.2) is 4.39 Å². The number of amides is 4. The first-order chi connectivity index (χ1) is 20.2. The summed E-state index contributed by atoms with van der Waals surface area (Å²) in [5.41, 5.74) is 4.03. The van der Waals surface area contributed by atoms with Crippen LogP contribution in [-0.4, -0.2) is 83.8 Å². The number of likely N-dealkylation sites (tertiary alicyclic amines) is 1. The molecular formula is C31H40FN5O5. The van der Waals surface area contributed by atoms with Crippen LogP contribution in [-0.2, 0) is 19.1 Å². The second-order valence-electron chi connectivity index (χ2n) is 10.8. The number of rotatable bonds is 6. The minimum absolute atomic E-state index is 0.0627. The number of aromatic nitrogens is 1. The molecule has 2 fully saturated rings. The number of hydrogen-bond acceptors (Lipinski definition) is 5. The first-order valence-corrected chi connectivity index (χ1v) is 14.6. The molecule has 42 heavy (non-hydrogen) atoms. The number of nitrogens with one attached hydrogen (secondary N) is 3. The highest BCUT2D eigenvalue weighted by Gasteiger charge is 2.30. The average molecular weight is 582 g/mol. The van der Waals surface area contributed by atoms with E-state index in [9.17, 15) is 23.6 Å². The van der Waals surface area contributed by atoms with E-state index in [-0.39, 0.29) is 35.9 Å². The Bertz CT molecular complexity index is 1320. The van der Waals surface area contributed by atoms with Crippen molar-refractivity contribution >= 4 is 34.9 Å². The van der Waals surface area contributed by atoms with Gasteiger partial charge in [0.1, 0.15) is 11.9 Å². The molecule has 3 aliphatic rings. The molecule has 0 radical (unpaired) electrons. The van der Waals surface area contributed by atoms with Gasteiger partial charge in [0.05, 0.1) is 18.8 Å². The molecule has 2 saturated heterocycles. The summed E-state index contributed by atoms with van der Waals surface area (Å²) < 4.78 is 18.2. The van der Waals surface area contributed by atoms with Gasteiger partial charge in [-0.05, 0) is 70.2 Å². The third-order valence-corrected chi connectivity index (χ3v) is 7.84. The number of piperidine rings is 1. The molecule has 0 saturated carbocycles. The second kappa shape index (κ2) is 14.3. The topological polar surface area (TPSA) is 124 Å². The molecule has 5 rings (SSSR count). The molecule has 4 heterocycles. The lowest BCUT2D eigenvalue weighted by Gasteiger charge is -2.31. The Balaban J connectivity index is 0.000000258. The number of morpholine rings is 1. The van der Waals surface area contributed by atoms with Crippen LogP contribution in [0.15, 0.2) is 30.5 Å². The standard InChI is InChI=1S/C21H32N4O4.C10H8FNO/c1-15-14-22-16(2)19(15)20(27)23-17(21(28)25-10-12-29-13-11-25)6-7-18(26)24-8-4-3-5-9-24;1-2-7-8-5-6(11)3-4-9(8)12-10(7)13/h14,17,22H,3-13H2,1-2H3,(H,23,27);2-5H,1H3,(H,12,13)/b;7-2-. The molecule has 1 atom stereocenters. The molecule has 0 spiro atoms. The fourth-order valence-corrected chi connectivity index (χ4v) is 5.51. The zero-order valence-electron chi connectivity index (χ0n) is 24.6. The highest BCUT2D eigenvalue weighted by atomic mass is 19.1. The van der Waals surface area contributed by atoms with Crippen molar-refractivity contribution in [2.45, 2.75) is 58.9 Å². The van der Waals surface area contributed by atoms with Crippen molar-refractivity contribution in [1.82, 2.24) is 20.1 Å². The average Bonchev–Trinajstić information content (AvgIpc) is 3.51. The summed E-state index contributed by atoms with van der Waals surface area (Å²) in [4.78, 5) is 56.5. The molecule has 3 N–H and O–H groups in total. The molecule has 1 aromatic carbocycles. The van der Waals surface area contributed by atoms with Crippen LogP contribution in [0.5, 0.6) is 0 Å². The summed E-state index contributed by atoms with van der Waals surface area (Å²) in [6.07, 6.45) is 7.25. The van der Waals surface area contributed by atoms with Crippen molar-refractivity contribution in [2.24, 2.45) is 0 Å². The van der Waals surface area contributed by atoms with Gasteiger partial charge in [-0.3, -0.25) is 19.2 Å². The van der Waals surface area contributed by atoms with Gasteiger partial charge in [0.15, 0.2) is 0 Å². The number of benzene rings is 1. The molecule has 10 nitrogen and oxygen atoms in total. The van der Waals surface area contributed by atoms with Crippen molar-refractivity contribution in [3.63, 3.8) is 0 Å². The molecule has 0 aliphatic carbocycles. The first kappa shape index (κ1) is 31.0. The number of aryl methyl sites for hydroxylation is 2. The quantitative estimate of drug-likeness (QED) is 0.450. The van der Waals surface area contributed by atoms with Crippen LogP contribution in [0.4, 0.5) is 10.1 Å². The predicted molar refractivity (Wildman–Crippen MR) is 157 cm³/mol. The van der Waals surface area contributed by atoms with E-state index in [4.69, 9.17) is 4.74 Å². The van der Waals surface area contributed by atoms with Crippen LogP contribution in [0.2, 0.25) is 0 Å². The summed E-state index contributed by atoms with van der Waals surface area (Å²) in [5.74, 6) is -0.845. The van der Waals surface area contributed by atoms with E-state index < -0.39 is 6.04 Å². The summed E-state index contributed by atoms with van der Waals surface area (Å²) in [5, 5.41) is 5.55. The Labute approximate surface area is 245 Å². The Hall–Kier alpha value is -3.99. The molecule has 4 amide bonds. The Morgan fingerprint density at radius 1 is 1.07 bits per heavy atom. The van der Waals surface area contributed by atoms with Crippen molar-refractivity contribution in [3.8, 4) is 0 Å². The number of aromatic amines is 1. The molecule has 1 aromatic heterocycles. The summed E-state index contributed by atoms with van der Waals surface area (Å²) in [6.45, 7) is 9.03. The highest BCUT2D eigenvalue weighted by molar-refractivity contribution is 6.31. The van der Waals surface area contributed by atoms with Gasteiger partial charge in [-0.15, -0.1) is 0 Å². The minimum Gasteiger partial charge on any atom is -0.378 e. The lowest BCUT2D eigenvalue weighted by atomic mass is 10.1. The number of carbonyl (C=O) groups excluding carboxylic acids is 4. The largest absolute Gasteiger partial charge is 0.378 e. The third kappa shape index (κ3) is 7.44. The van der Waals surface area contributed by atoms with Crippen LogP contribution in [0.3, 0.4) is 0 Å². The SMILES string of the molecule is C/C=C1\C(=O)Nc2ccc(F)cc21.Cc1c[nH]c(C)c1C(=O)NC(CCC(=O)N1CCCCC1)C(=O)N1CCOCC1. The highest BCUT2D eigenvalue weighted by Crippen LogP contribution is 2.31. The predicted octanol–water partition coefficient (Wildman–Crippen LogP) is 3.56. The van der Waals surface area contributed by atoms with Gasteiger partial charge >= 0.3 is 0 Å². The molecule has 11 heteroatoms. The van der Waals surface area contributed by atoms with Crippen LogP contribution in [0.25, 0.3) is 5.57 Å². The zero-order valence-corrected chi connectivity index (χ0v) is 24.6. The lowest BCUT2D eigenvalue weighted by Crippen LogP contribution is -2.52. The number of allylic oxidation sites excluding steroid dienone is 1. The first-order valence-electron chi connectivity index (χ1n) is 14.6. The number of ether oxygens (including phenoxy) is 1. The summed E-state index contributed by atoms with van der Waals surface area (Å²) in [6, 6.07) is 3.54. The fraction of sp³-hybridized carbons (Fsp3) is 0.484. The molecule has 1 unspecified atom stereocenters. The number of anilines is 1. The number of hydrogen-bond donors (Lipinski definition) is 3. The fourth-order valence-electron chi connectivity index (χ4n) is 5.51. The van der Waals surface area contributed by atoms with E-state index in [1.165, 1.54) is 12.1 Å². The number of nitrogens with zero attached hydrogens (tertiary/aromatic N) is 2. The van der Waals surface area contributed by atoms with E-state index in [0.717, 1.165) is 43.6 Å². The normalized spacial score (nSPS) is 18.1. The molecule has 3 aliphatic heterocycles. The van der Waals surface area contributed by atoms with Crippen molar-refractivity contribution < 1.29 is 28.3 Å². The number of halogens is 1. The van der Waals surface area contributed by atoms with Gasteiger partial charge < -0.3 is 30.2 Å². The Morgan fingerprint density at radius 2 is 1.79 bits per heavy atom.